The number of aromatic amines is 1. The molecule has 0 bridgehead atoms. The second-order valence-electron chi connectivity index (χ2n) is 6.91. The summed E-state index contributed by atoms with van der Waals surface area (Å²) in [4.78, 5) is 16.9. The lowest BCUT2D eigenvalue weighted by Crippen LogP contribution is -2.31. The molecule has 0 spiro atoms. The first-order valence-corrected chi connectivity index (χ1v) is 13.0. The van der Waals surface area contributed by atoms with E-state index in [-0.39, 0.29) is 16.6 Å². The summed E-state index contributed by atoms with van der Waals surface area (Å²) >= 11 is 1.51. The van der Waals surface area contributed by atoms with Crippen LogP contribution in [0, 0.1) is 0 Å². The number of anilines is 1. The van der Waals surface area contributed by atoms with Crippen molar-refractivity contribution >= 4 is 33.4 Å². The van der Waals surface area contributed by atoms with E-state index in [2.05, 4.69) is 20.5 Å². The molecule has 1 amide bonds. The number of thioether (sulfide) groups is 1. The van der Waals surface area contributed by atoms with Crippen LogP contribution >= 0.6 is 11.8 Å². The van der Waals surface area contributed by atoms with Crippen LogP contribution in [0.5, 0.6) is 5.75 Å². The molecule has 33 heavy (non-hydrogen) atoms. The van der Waals surface area contributed by atoms with Gasteiger partial charge >= 0.3 is 0 Å². The van der Waals surface area contributed by atoms with Crippen LogP contribution in [-0.4, -0.2) is 53.5 Å². The molecular formula is C22H27N5O4S2. The molecule has 3 aromatic rings. The Morgan fingerprint density at radius 2 is 1.85 bits per heavy atom. The minimum Gasteiger partial charge on any atom is -0.492 e. The van der Waals surface area contributed by atoms with E-state index in [1.54, 1.807) is 45.0 Å². The van der Waals surface area contributed by atoms with Gasteiger partial charge in [-0.25, -0.2) is 13.4 Å². The summed E-state index contributed by atoms with van der Waals surface area (Å²) < 4.78 is 33.1. The second kappa shape index (κ2) is 11.3. The van der Waals surface area contributed by atoms with Gasteiger partial charge in [-0.1, -0.05) is 37.7 Å². The standard InChI is InChI=1S/C22H27N5O4S2/c1-4-27(5-2)33(29,30)20-13-18(11-12-19(20)31-6-3)25-21(28)17-9-7-16(8-10-17)14-32-22-23-15-24-26-22/h7-13,15H,4-6,14H2,1-3H3,(H,25,28)(H,23,24,26). The van der Waals surface area contributed by atoms with Gasteiger partial charge in [0, 0.05) is 30.1 Å². The van der Waals surface area contributed by atoms with E-state index in [0.29, 0.717) is 36.7 Å². The summed E-state index contributed by atoms with van der Waals surface area (Å²) in [5.74, 6) is 0.610. The predicted octanol–water partition coefficient (Wildman–Crippen LogP) is 3.78. The number of sulfonamides is 1. The molecule has 2 aromatic carbocycles. The zero-order valence-electron chi connectivity index (χ0n) is 18.7. The second-order valence-corrected chi connectivity index (χ2v) is 9.78. The molecule has 3 rings (SSSR count). The number of benzene rings is 2. The number of H-pyrrole nitrogens is 1. The van der Waals surface area contributed by atoms with E-state index in [1.807, 2.05) is 12.1 Å². The van der Waals surface area contributed by atoms with Crippen LogP contribution < -0.4 is 10.1 Å². The molecule has 9 nitrogen and oxygen atoms in total. The first-order chi connectivity index (χ1) is 15.9. The third-order valence-electron chi connectivity index (χ3n) is 4.81. The fourth-order valence-corrected chi connectivity index (χ4v) is 5.49. The van der Waals surface area contributed by atoms with Crippen LogP contribution in [0.1, 0.15) is 36.7 Å². The molecule has 0 saturated heterocycles. The number of rotatable bonds is 11. The van der Waals surface area contributed by atoms with Crippen molar-refractivity contribution in [1.82, 2.24) is 19.5 Å². The van der Waals surface area contributed by atoms with Crippen molar-refractivity contribution in [2.45, 2.75) is 36.6 Å². The molecule has 1 aromatic heterocycles. The van der Waals surface area contributed by atoms with Gasteiger partial charge in [0.2, 0.25) is 10.0 Å². The van der Waals surface area contributed by atoms with E-state index >= 15 is 0 Å². The monoisotopic (exact) mass is 489 g/mol. The molecule has 0 fully saturated rings. The van der Waals surface area contributed by atoms with Gasteiger partial charge in [-0.15, -0.1) is 0 Å². The van der Waals surface area contributed by atoms with E-state index in [0.717, 1.165) is 10.7 Å². The Morgan fingerprint density at radius 3 is 2.45 bits per heavy atom. The number of carbonyl (C=O) groups is 1. The van der Waals surface area contributed by atoms with Crippen LogP contribution in [0.3, 0.4) is 0 Å². The molecule has 0 aliphatic heterocycles. The van der Waals surface area contributed by atoms with Gasteiger partial charge in [-0.3, -0.25) is 9.89 Å². The van der Waals surface area contributed by atoms with Gasteiger partial charge in [-0.2, -0.15) is 9.40 Å². The number of nitrogens with zero attached hydrogens (tertiary/aromatic N) is 3. The Morgan fingerprint density at radius 1 is 1.12 bits per heavy atom. The SMILES string of the molecule is CCOc1ccc(NC(=O)c2ccc(CSc3ncn[nH]3)cc2)cc1S(=O)(=O)N(CC)CC. The van der Waals surface area contributed by atoms with E-state index in [9.17, 15) is 13.2 Å². The smallest absolute Gasteiger partial charge is 0.255 e. The summed E-state index contributed by atoms with van der Waals surface area (Å²) in [6.07, 6.45) is 1.45. The Balaban J connectivity index is 1.76. The summed E-state index contributed by atoms with van der Waals surface area (Å²) in [5, 5.41) is 10.1. The maximum atomic E-state index is 13.1. The Bertz CT molecular complexity index is 1160. The maximum absolute atomic E-state index is 13.1. The molecule has 176 valence electrons. The molecular weight excluding hydrogens is 462 g/mol. The third-order valence-corrected chi connectivity index (χ3v) is 7.83. The van der Waals surface area contributed by atoms with Gasteiger partial charge in [0.1, 0.15) is 17.0 Å². The van der Waals surface area contributed by atoms with E-state index in [4.69, 9.17) is 4.74 Å². The van der Waals surface area contributed by atoms with Gasteiger partial charge < -0.3 is 10.1 Å². The molecule has 2 N–H and O–H groups in total. The minimum atomic E-state index is -3.77. The Labute approximate surface area is 198 Å². The molecule has 0 radical (unpaired) electrons. The summed E-state index contributed by atoms with van der Waals surface area (Å²) in [6.45, 7) is 6.34. The number of carbonyl (C=O) groups excluding carboxylic acids is 1. The molecule has 0 atom stereocenters. The largest absolute Gasteiger partial charge is 0.492 e. The summed E-state index contributed by atoms with van der Waals surface area (Å²) in [6, 6.07) is 11.8. The zero-order valence-corrected chi connectivity index (χ0v) is 20.4. The number of aromatic nitrogens is 3. The van der Waals surface area contributed by atoms with Crippen LogP contribution in [-0.2, 0) is 15.8 Å². The number of amides is 1. The van der Waals surface area contributed by atoms with Crippen LogP contribution in [0.4, 0.5) is 5.69 Å². The van der Waals surface area contributed by atoms with Gasteiger partial charge in [0.25, 0.3) is 5.91 Å². The third kappa shape index (κ3) is 6.12. The Hall–Kier alpha value is -2.89. The highest BCUT2D eigenvalue weighted by Crippen LogP contribution is 2.30. The summed E-state index contributed by atoms with van der Waals surface area (Å²) in [7, 11) is -3.77. The Kier molecular flexibility index (Phi) is 8.48. The van der Waals surface area contributed by atoms with Crippen molar-refractivity contribution in [3.8, 4) is 5.75 Å². The van der Waals surface area contributed by atoms with Gasteiger partial charge in [0.15, 0.2) is 5.16 Å². The van der Waals surface area contributed by atoms with Crippen molar-refractivity contribution in [3.05, 3.63) is 59.9 Å². The van der Waals surface area contributed by atoms with Crippen LogP contribution in [0.25, 0.3) is 0 Å². The topological polar surface area (TPSA) is 117 Å². The van der Waals surface area contributed by atoms with Crippen molar-refractivity contribution in [3.63, 3.8) is 0 Å². The lowest BCUT2D eigenvalue weighted by Gasteiger charge is -2.21. The average Bonchev–Trinajstić information content (AvgIpc) is 3.33. The van der Waals surface area contributed by atoms with E-state index in [1.165, 1.54) is 28.5 Å². The number of nitrogens with one attached hydrogen (secondary N) is 2. The van der Waals surface area contributed by atoms with Gasteiger partial charge in [0.05, 0.1) is 6.61 Å². The molecule has 0 saturated carbocycles. The highest BCUT2D eigenvalue weighted by atomic mass is 32.2. The minimum absolute atomic E-state index is 0.0330. The highest BCUT2D eigenvalue weighted by Gasteiger charge is 2.26. The normalized spacial score (nSPS) is 11.5. The predicted molar refractivity (Wildman–Crippen MR) is 128 cm³/mol. The van der Waals surface area contributed by atoms with Crippen molar-refractivity contribution in [2.24, 2.45) is 0 Å². The number of hydrogen-bond donors (Lipinski definition) is 2. The van der Waals surface area contributed by atoms with Gasteiger partial charge in [-0.05, 0) is 42.8 Å². The van der Waals surface area contributed by atoms with Crippen LogP contribution in [0.2, 0.25) is 0 Å². The molecule has 0 aliphatic rings. The zero-order chi connectivity index (χ0) is 23.8. The van der Waals surface area contributed by atoms with Crippen LogP contribution in [0.15, 0.2) is 58.8 Å². The first-order valence-electron chi connectivity index (χ1n) is 10.5. The van der Waals surface area contributed by atoms with E-state index < -0.39 is 10.0 Å². The quantitative estimate of drug-likeness (QED) is 0.394. The molecule has 0 aliphatic carbocycles. The lowest BCUT2D eigenvalue weighted by molar-refractivity contribution is 0.102. The maximum Gasteiger partial charge on any atom is 0.255 e. The van der Waals surface area contributed by atoms with Crippen molar-refractivity contribution < 1.29 is 17.9 Å². The first kappa shape index (κ1) is 24.7. The fraction of sp³-hybridized carbons (Fsp3) is 0.318. The number of ether oxygens (including phenoxy) is 1. The number of hydrogen-bond acceptors (Lipinski definition) is 7. The van der Waals surface area contributed by atoms with Crippen molar-refractivity contribution in [2.75, 3.05) is 25.0 Å². The average molecular weight is 490 g/mol. The molecule has 1 heterocycles. The van der Waals surface area contributed by atoms with Crippen molar-refractivity contribution in [1.29, 1.82) is 0 Å². The molecule has 11 heteroatoms. The molecule has 0 unspecified atom stereocenters. The fourth-order valence-electron chi connectivity index (χ4n) is 3.14. The summed E-state index contributed by atoms with van der Waals surface area (Å²) in [5.41, 5.74) is 1.87. The highest BCUT2D eigenvalue weighted by molar-refractivity contribution is 7.98. The lowest BCUT2D eigenvalue weighted by atomic mass is 10.1.